The average Bonchev–Trinajstić information content (AvgIpc) is 3.13. The van der Waals surface area contributed by atoms with E-state index in [2.05, 4.69) is 10.2 Å². The summed E-state index contributed by atoms with van der Waals surface area (Å²) in [6, 6.07) is 15.6. The molecular weight excluding hydrogens is 389 g/mol. The summed E-state index contributed by atoms with van der Waals surface area (Å²) in [4.78, 5) is 15.2. The Morgan fingerprint density at radius 2 is 1.69 bits per heavy atom. The minimum Gasteiger partial charge on any atom is -0.341 e. The highest BCUT2D eigenvalue weighted by molar-refractivity contribution is 8.00. The SMILES string of the molecule is Nn1c(S[C@@H](C(=O)N2CCCCC2)c2ccccc2)nnc1-c1ccc(F)cc1. The number of carbonyl (C=O) groups is 1. The number of aromatic nitrogens is 3. The quantitative estimate of drug-likeness (QED) is 0.512. The largest absolute Gasteiger partial charge is 0.341 e. The zero-order valence-electron chi connectivity index (χ0n) is 15.9. The van der Waals surface area contributed by atoms with Crippen molar-refractivity contribution in [3.05, 3.63) is 66.0 Å². The van der Waals surface area contributed by atoms with E-state index in [0.29, 0.717) is 16.5 Å². The summed E-state index contributed by atoms with van der Waals surface area (Å²) in [5.74, 6) is 6.38. The summed E-state index contributed by atoms with van der Waals surface area (Å²) >= 11 is 1.29. The molecule has 1 aromatic heterocycles. The number of likely N-dealkylation sites (tertiary alicyclic amines) is 1. The highest BCUT2D eigenvalue weighted by Crippen LogP contribution is 2.37. The van der Waals surface area contributed by atoms with Crippen LogP contribution in [0.25, 0.3) is 11.4 Å². The van der Waals surface area contributed by atoms with Gasteiger partial charge < -0.3 is 10.7 Å². The van der Waals surface area contributed by atoms with Gasteiger partial charge in [-0.25, -0.2) is 9.07 Å². The molecule has 29 heavy (non-hydrogen) atoms. The molecule has 2 heterocycles. The summed E-state index contributed by atoms with van der Waals surface area (Å²) in [6.07, 6.45) is 3.21. The van der Waals surface area contributed by atoms with Gasteiger partial charge >= 0.3 is 0 Å². The second-order valence-electron chi connectivity index (χ2n) is 6.98. The molecule has 2 N–H and O–H groups in total. The molecule has 0 aliphatic carbocycles. The van der Waals surface area contributed by atoms with Gasteiger partial charge in [0.15, 0.2) is 5.82 Å². The van der Waals surface area contributed by atoms with E-state index in [1.54, 1.807) is 12.1 Å². The molecule has 3 aromatic rings. The van der Waals surface area contributed by atoms with E-state index in [-0.39, 0.29) is 11.7 Å². The van der Waals surface area contributed by atoms with Crippen LogP contribution in [0.15, 0.2) is 59.8 Å². The number of rotatable bonds is 5. The van der Waals surface area contributed by atoms with E-state index in [1.807, 2.05) is 35.2 Å². The molecule has 8 heteroatoms. The molecule has 1 amide bonds. The second-order valence-corrected chi connectivity index (χ2v) is 8.05. The highest BCUT2D eigenvalue weighted by atomic mass is 32.2. The fourth-order valence-corrected chi connectivity index (χ4v) is 4.47. The van der Waals surface area contributed by atoms with Crippen LogP contribution >= 0.6 is 11.8 Å². The van der Waals surface area contributed by atoms with Crippen molar-refractivity contribution >= 4 is 17.7 Å². The monoisotopic (exact) mass is 411 g/mol. The zero-order chi connectivity index (χ0) is 20.2. The minimum atomic E-state index is -0.457. The molecule has 2 aromatic carbocycles. The second kappa shape index (κ2) is 8.65. The third kappa shape index (κ3) is 4.27. The molecule has 1 aliphatic heterocycles. The minimum absolute atomic E-state index is 0.0623. The Morgan fingerprint density at radius 1 is 1.00 bits per heavy atom. The molecule has 0 bridgehead atoms. The van der Waals surface area contributed by atoms with Crippen LogP contribution in [0.4, 0.5) is 4.39 Å². The maximum atomic E-state index is 13.3. The number of nitrogen functional groups attached to an aromatic ring is 1. The number of nitrogens with zero attached hydrogens (tertiary/aromatic N) is 4. The summed E-state index contributed by atoms with van der Waals surface area (Å²) in [5.41, 5.74) is 1.56. The first-order valence-electron chi connectivity index (χ1n) is 9.60. The Morgan fingerprint density at radius 3 is 2.38 bits per heavy atom. The van der Waals surface area contributed by atoms with Gasteiger partial charge in [-0.05, 0) is 49.1 Å². The topological polar surface area (TPSA) is 77.0 Å². The first kappa shape index (κ1) is 19.4. The van der Waals surface area contributed by atoms with Gasteiger partial charge in [-0.2, -0.15) is 0 Å². The number of halogens is 1. The molecular formula is C21H22FN5OS. The summed E-state index contributed by atoms with van der Waals surface area (Å²) in [6.45, 7) is 1.55. The number of benzene rings is 2. The predicted molar refractivity (Wildman–Crippen MR) is 111 cm³/mol. The first-order valence-corrected chi connectivity index (χ1v) is 10.5. The van der Waals surface area contributed by atoms with Crippen molar-refractivity contribution in [1.82, 2.24) is 19.8 Å². The lowest BCUT2D eigenvalue weighted by Gasteiger charge is -2.30. The molecule has 0 radical (unpaired) electrons. The van der Waals surface area contributed by atoms with Gasteiger partial charge in [0.25, 0.3) is 0 Å². The molecule has 0 spiro atoms. The third-order valence-electron chi connectivity index (χ3n) is 4.98. The molecule has 1 saturated heterocycles. The number of nitrogens with two attached hydrogens (primary N) is 1. The first-order chi connectivity index (χ1) is 14.1. The standard InChI is InChI=1S/C21H22FN5OS/c22-17-11-9-16(10-12-17)19-24-25-21(27(19)23)29-18(15-7-3-1-4-8-15)20(28)26-13-5-2-6-14-26/h1,3-4,7-12,18H,2,5-6,13-14,23H2/t18-/m1/s1. The predicted octanol–water partition coefficient (Wildman–Crippen LogP) is 3.64. The number of hydrogen-bond donors (Lipinski definition) is 1. The fraction of sp³-hybridized carbons (Fsp3) is 0.286. The molecule has 1 fully saturated rings. The lowest BCUT2D eigenvalue weighted by Crippen LogP contribution is -2.38. The van der Waals surface area contributed by atoms with E-state index >= 15 is 0 Å². The summed E-state index contributed by atoms with van der Waals surface area (Å²) < 4.78 is 14.6. The van der Waals surface area contributed by atoms with Crippen LogP contribution < -0.4 is 5.84 Å². The molecule has 1 aliphatic rings. The summed E-state index contributed by atoms with van der Waals surface area (Å²) in [7, 11) is 0. The van der Waals surface area contributed by atoms with Crippen molar-refractivity contribution in [3.63, 3.8) is 0 Å². The van der Waals surface area contributed by atoms with Gasteiger partial charge in [0.05, 0.1) is 0 Å². The normalized spacial score (nSPS) is 15.3. The van der Waals surface area contributed by atoms with Crippen molar-refractivity contribution in [3.8, 4) is 11.4 Å². The van der Waals surface area contributed by atoms with Gasteiger partial charge in [-0.3, -0.25) is 4.79 Å². The number of piperidine rings is 1. The van der Waals surface area contributed by atoms with E-state index in [0.717, 1.165) is 37.9 Å². The maximum Gasteiger partial charge on any atom is 0.240 e. The molecule has 0 saturated carbocycles. The van der Waals surface area contributed by atoms with Crippen LogP contribution in [0, 0.1) is 5.82 Å². The van der Waals surface area contributed by atoms with Crippen molar-refractivity contribution in [2.75, 3.05) is 18.9 Å². The Kier molecular flexibility index (Phi) is 5.80. The van der Waals surface area contributed by atoms with Crippen LogP contribution in [0.2, 0.25) is 0 Å². The molecule has 150 valence electrons. The molecule has 6 nitrogen and oxygen atoms in total. The Labute approximate surface area is 172 Å². The summed E-state index contributed by atoms with van der Waals surface area (Å²) in [5, 5.41) is 8.33. The van der Waals surface area contributed by atoms with E-state index in [4.69, 9.17) is 5.84 Å². The zero-order valence-corrected chi connectivity index (χ0v) is 16.7. The van der Waals surface area contributed by atoms with Crippen LogP contribution in [0.1, 0.15) is 30.1 Å². The number of hydrogen-bond acceptors (Lipinski definition) is 5. The van der Waals surface area contributed by atoms with Gasteiger partial charge in [-0.1, -0.05) is 42.1 Å². The van der Waals surface area contributed by atoms with Gasteiger partial charge in [-0.15, -0.1) is 10.2 Å². The van der Waals surface area contributed by atoms with E-state index < -0.39 is 5.25 Å². The van der Waals surface area contributed by atoms with Crippen LogP contribution in [-0.2, 0) is 4.79 Å². The molecule has 4 rings (SSSR count). The Bertz CT molecular complexity index is 970. The van der Waals surface area contributed by atoms with Crippen LogP contribution in [0.5, 0.6) is 0 Å². The lowest BCUT2D eigenvalue weighted by molar-refractivity contribution is -0.131. The van der Waals surface area contributed by atoms with Crippen molar-refractivity contribution < 1.29 is 9.18 Å². The average molecular weight is 412 g/mol. The van der Waals surface area contributed by atoms with Crippen molar-refractivity contribution in [2.45, 2.75) is 29.7 Å². The van der Waals surface area contributed by atoms with E-state index in [1.165, 1.54) is 28.6 Å². The fourth-order valence-electron chi connectivity index (χ4n) is 3.43. The number of carbonyl (C=O) groups excluding carboxylic acids is 1. The van der Waals surface area contributed by atoms with E-state index in [9.17, 15) is 9.18 Å². The van der Waals surface area contributed by atoms with Gasteiger partial charge in [0, 0.05) is 18.7 Å². The third-order valence-corrected chi connectivity index (χ3v) is 6.18. The number of thioether (sulfide) groups is 1. The Hall–Kier alpha value is -2.87. The molecule has 1 atom stereocenters. The lowest BCUT2D eigenvalue weighted by atomic mass is 10.1. The highest BCUT2D eigenvalue weighted by Gasteiger charge is 2.30. The Balaban J connectivity index is 1.62. The van der Waals surface area contributed by atoms with Gasteiger partial charge in [0.2, 0.25) is 11.1 Å². The van der Waals surface area contributed by atoms with Crippen molar-refractivity contribution in [2.24, 2.45) is 0 Å². The van der Waals surface area contributed by atoms with Gasteiger partial charge in [0.1, 0.15) is 11.1 Å². The maximum absolute atomic E-state index is 13.3. The van der Waals surface area contributed by atoms with Crippen molar-refractivity contribution in [1.29, 1.82) is 0 Å². The molecule has 0 unspecified atom stereocenters. The van der Waals surface area contributed by atoms with Crippen LogP contribution in [-0.4, -0.2) is 38.8 Å². The smallest absolute Gasteiger partial charge is 0.240 e. The van der Waals surface area contributed by atoms with Crippen LogP contribution in [0.3, 0.4) is 0 Å². The number of amides is 1.